The van der Waals surface area contributed by atoms with E-state index in [9.17, 15) is 4.79 Å². The maximum absolute atomic E-state index is 11.9. The summed E-state index contributed by atoms with van der Waals surface area (Å²) in [5, 5.41) is 2.82. The number of alkyl halides is 1. The zero-order valence-corrected chi connectivity index (χ0v) is 10.6. The molecule has 1 aromatic rings. The van der Waals surface area contributed by atoms with Crippen LogP contribution in [0.25, 0.3) is 0 Å². The molecule has 0 heterocycles. The van der Waals surface area contributed by atoms with Crippen molar-refractivity contribution in [1.29, 1.82) is 0 Å². The van der Waals surface area contributed by atoms with Crippen LogP contribution in [-0.4, -0.2) is 11.9 Å². The second kappa shape index (κ2) is 6.98. The largest absolute Gasteiger partial charge is 0.338 e. The Morgan fingerprint density at radius 2 is 2.35 bits per heavy atom. The van der Waals surface area contributed by atoms with Crippen molar-refractivity contribution in [3.63, 3.8) is 0 Å². The van der Waals surface area contributed by atoms with E-state index in [1.165, 1.54) is 0 Å². The lowest BCUT2D eigenvalue weighted by molar-refractivity contribution is 0.0944. The Kier molecular flexibility index (Phi) is 5.59. The summed E-state index contributed by atoms with van der Waals surface area (Å²) in [4.78, 5) is 11.9. The van der Waals surface area contributed by atoms with Crippen molar-refractivity contribution < 1.29 is 4.79 Å². The second-order valence-corrected chi connectivity index (χ2v) is 4.08. The summed E-state index contributed by atoms with van der Waals surface area (Å²) in [6, 6.07) is 7.03. The van der Waals surface area contributed by atoms with Crippen molar-refractivity contribution in [1.82, 2.24) is 5.32 Å². The highest BCUT2D eigenvalue weighted by molar-refractivity contribution is 6.17. The van der Waals surface area contributed by atoms with E-state index in [0.717, 1.165) is 18.4 Å². The lowest BCUT2D eigenvalue weighted by Crippen LogP contribution is -2.33. The van der Waals surface area contributed by atoms with Gasteiger partial charge in [-0.05, 0) is 24.1 Å². The summed E-state index contributed by atoms with van der Waals surface area (Å²) >= 11 is 5.72. The number of terminal acetylenes is 1. The molecule has 1 atom stereocenters. The molecule has 0 bridgehead atoms. The van der Waals surface area contributed by atoms with Crippen LogP contribution in [-0.2, 0) is 5.88 Å². The van der Waals surface area contributed by atoms with Gasteiger partial charge in [0.25, 0.3) is 5.91 Å². The fourth-order valence-electron chi connectivity index (χ4n) is 1.52. The predicted molar refractivity (Wildman–Crippen MR) is 71.0 cm³/mol. The van der Waals surface area contributed by atoms with Crippen LogP contribution >= 0.6 is 11.6 Å². The van der Waals surface area contributed by atoms with Gasteiger partial charge in [0, 0.05) is 11.4 Å². The molecule has 1 N–H and O–H groups in total. The van der Waals surface area contributed by atoms with Gasteiger partial charge in [-0.2, -0.15) is 0 Å². The zero-order valence-electron chi connectivity index (χ0n) is 9.87. The van der Waals surface area contributed by atoms with E-state index in [0.29, 0.717) is 11.4 Å². The summed E-state index contributed by atoms with van der Waals surface area (Å²) in [6.07, 6.45) is 7.09. The van der Waals surface area contributed by atoms with Gasteiger partial charge in [0.15, 0.2) is 0 Å². The number of amides is 1. The molecule has 1 amide bonds. The van der Waals surface area contributed by atoms with Gasteiger partial charge in [0.1, 0.15) is 0 Å². The van der Waals surface area contributed by atoms with Crippen molar-refractivity contribution in [2.24, 2.45) is 0 Å². The minimum Gasteiger partial charge on any atom is -0.338 e. The van der Waals surface area contributed by atoms with Gasteiger partial charge in [-0.15, -0.1) is 18.0 Å². The maximum atomic E-state index is 11.9. The van der Waals surface area contributed by atoms with Crippen LogP contribution in [0.15, 0.2) is 24.3 Å². The van der Waals surface area contributed by atoms with Crippen LogP contribution in [0.1, 0.15) is 35.7 Å². The number of benzene rings is 1. The first-order chi connectivity index (χ1) is 8.21. The lowest BCUT2D eigenvalue weighted by Gasteiger charge is -2.12. The Balaban J connectivity index is 2.72. The van der Waals surface area contributed by atoms with Gasteiger partial charge in [-0.3, -0.25) is 4.79 Å². The SMILES string of the molecule is C#CC(CCC)NC(=O)c1cccc(CCl)c1. The first kappa shape index (κ1) is 13.6. The molecule has 0 saturated carbocycles. The van der Waals surface area contributed by atoms with Crippen molar-refractivity contribution in [2.45, 2.75) is 31.7 Å². The number of rotatable bonds is 5. The molecule has 0 aliphatic rings. The summed E-state index contributed by atoms with van der Waals surface area (Å²) in [5.41, 5.74) is 1.52. The third kappa shape index (κ3) is 4.13. The average Bonchev–Trinajstić information content (AvgIpc) is 2.38. The third-order valence-electron chi connectivity index (χ3n) is 2.43. The topological polar surface area (TPSA) is 29.1 Å². The van der Waals surface area contributed by atoms with Gasteiger partial charge in [0.05, 0.1) is 6.04 Å². The van der Waals surface area contributed by atoms with E-state index >= 15 is 0 Å². The molecule has 1 aromatic carbocycles. The molecule has 0 fully saturated rings. The Labute approximate surface area is 107 Å². The molecule has 0 spiro atoms. The molecule has 1 unspecified atom stereocenters. The molecular weight excluding hydrogens is 234 g/mol. The smallest absolute Gasteiger partial charge is 0.252 e. The number of nitrogens with one attached hydrogen (secondary N) is 1. The van der Waals surface area contributed by atoms with Crippen LogP contribution in [0, 0.1) is 12.3 Å². The summed E-state index contributed by atoms with van der Waals surface area (Å²) in [5.74, 6) is 2.83. The Hall–Kier alpha value is -1.46. The highest BCUT2D eigenvalue weighted by Gasteiger charge is 2.10. The highest BCUT2D eigenvalue weighted by atomic mass is 35.5. The lowest BCUT2D eigenvalue weighted by atomic mass is 10.1. The molecular formula is C14H16ClNO. The van der Waals surface area contributed by atoms with Crippen molar-refractivity contribution >= 4 is 17.5 Å². The van der Waals surface area contributed by atoms with Crippen LogP contribution in [0.5, 0.6) is 0 Å². The molecule has 1 rings (SSSR count). The van der Waals surface area contributed by atoms with Crippen LogP contribution in [0.3, 0.4) is 0 Å². The Morgan fingerprint density at radius 1 is 1.59 bits per heavy atom. The molecule has 0 radical (unpaired) electrons. The van der Waals surface area contributed by atoms with Crippen LogP contribution in [0.4, 0.5) is 0 Å². The number of hydrogen-bond donors (Lipinski definition) is 1. The Bertz CT molecular complexity index is 422. The highest BCUT2D eigenvalue weighted by Crippen LogP contribution is 2.08. The van der Waals surface area contributed by atoms with Crippen molar-refractivity contribution in [3.8, 4) is 12.3 Å². The molecule has 0 aliphatic heterocycles. The van der Waals surface area contributed by atoms with Crippen molar-refractivity contribution in [3.05, 3.63) is 35.4 Å². The Morgan fingerprint density at radius 3 is 2.94 bits per heavy atom. The van der Waals surface area contributed by atoms with E-state index in [-0.39, 0.29) is 11.9 Å². The molecule has 90 valence electrons. The minimum absolute atomic E-state index is 0.145. The third-order valence-corrected chi connectivity index (χ3v) is 2.74. The maximum Gasteiger partial charge on any atom is 0.252 e. The average molecular weight is 250 g/mol. The van der Waals surface area contributed by atoms with E-state index < -0.39 is 0 Å². The minimum atomic E-state index is -0.202. The van der Waals surface area contributed by atoms with Crippen LogP contribution < -0.4 is 5.32 Å². The number of carbonyl (C=O) groups excluding carboxylic acids is 1. The number of carbonyl (C=O) groups is 1. The standard InChI is InChI=1S/C14H16ClNO/c1-3-6-13(4-2)16-14(17)12-8-5-7-11(9-12)10-15/h2,5,7-9,13H,3,6,10H2,1H3,(H,16,17). The van der Waals surface area contributed by atoms with Crippen molar-refractivity contribution in [2.75, 3.05) is 0 Å². The van der Waals surface area contributed by atoms with Gasteiger partial charge >= 0.3 is 0 Å². The number of halogens is 1. The van der Waals surface area contributed by atoms with Gasteiger partial charge in [0.2, 0.25) is 0 Å². The van der Waals surface area contributed by atoms with E-state index in [1.807, 2.05) is 19.1 Å². The first-order valence-electron chi connectivity index (χ1n) is 5.63. The quantitative estimate of drug-likeness (QED) is 0.631. The predicted octanol–water partition coefficient (Wildman–Crippen LogP) is 2.96. The molecule has 3 heteroatoms. The summed E-state index contributed by atoms with van der Waals surface area (Å²) < 4.78 is 0. The van der Waals surface area contributed by atoms with E-state index in [2.05, 4.69) is 11.2 Å². The van der Waals surface area contributed by atoms with Crippen LogP contribution in [0.2, 0.25) is 0 Å². The zero-order chi connectivity index (χ0) is 12.7. The van der Waals surface area contributed by atoms with Gasteiger partial charge in [-0.25, -0.2) is 0 Å². The summed E-state index contributed by atoms with van der Waals surface area (Å²) in [6.45, 7) is 2.03. The van der Waals surface area contributed by atoms with Gasteiger partial charge < -0.3 is 5.32 Å². The molecule has 17 heavy (non-hydrogen) atoms. The fraction of sp³-hybridized carbons (Fsp3) is 0.357. The van der Waals surface area contributed by atoms with E-state index in [1.54, 1.807) is 12.1 Å². The van der Waals surface area contributed by atoms with E-state index in [4.69, 9.17) is 18.0 Å². The molecule has 0 aromatic heterocycles. The summed E-state index contributed by atoms with van der Waals surface area (Å²) in [7, 11) is 0. The fourth-order valence-corrected chi connectivity index (χ4v) is 1.69. The molecule has 0 aliphatic carbocycles. The normalized spacial score (nSPS) is 11.6. The molecule has 2 nitrogen and oxygen atoms in total. The number of hydrogen-bond acceptors (Lipinski definition) is 1. The molecule has 0 saturated heterocycles. The second-order valence-electron chi connectivity index (χ2n) is 3.82. The van der Waals surface area contributed by atoms with Gasteiger partial charge in [-0.1, -0.05) is 31.4 Å². The monoisotopic (exact) mass is 249 g/mol. The first-order valence-corrected chi connectivity index (χ1v) is 6.16.